The Hall–Kier alpha value is -1.95. The third-order valence-electron chi connectivity index (χ3n) is 2.80. The monoisotopic (exact) mass is 277 g/mol. The van der Waals surface area contributed by atoms with Gasteiger partial charge in [0.05, 0.1) is 18.2 Å². The SMILES string of the molecule is CCOC(=O)C1=C(C)NC(=S)N[C@H]1c1ccncc1. The summed E-state index contributed by atoms with van der Waals surface area (Å²) in [5.74, 6) is -0.343. The van der Waals surface area contributed by atoms with E-state index in [-0.39, 0.29) is 12.0 Å². The van der Waals surface area contributed by atoms with E-state index in [0.717, 1.165) is 5.56 Å². The molecule has 1 aliphatic heterocycles. The average Bonchev–Trinajstić information content (AvgIpc) is 2.39. The van der Waals surface area contributed by atoms with Crippen LogP contribution in [0.2, 0.25) is 0 Å². The van der Waals surface area contributed by atoms with Gasteiger partial charge in [-0.1, -0.05) is 0 Å². The van der Waals surface area contributed by atoms with Crippen LogP contribution in [0.5, 0.6) is 0 Å². The van der Waals surface area contributed by atoms with Crippen molar-refractivity contribution < 1.29 is 9.53 Å². The van der Waals surface area contributed by atoms with Gasteiger partial charge in [0.25, 0.3) is 0 Å². The Bertz CT molecular complexity index is 528. The van der Waals surface area contributed by atoms with Gasteiger partial charge in [0.1, 0.15) is 0 Å². The number of esters is 1. The van der Waals surface area contributed by atoms with Crippen LogP contribution < -0.4 is 10.6 Å². The van der Waals surface area contributed by atoms with E-state index in [9.17, 15) is 4.79 Å². The van der Waals surface area contributed by atoms with Gasteiger partial charge < -0.3 is 15.4 Å². The molecule has 0 spiro atoms. The molecule has 0 saturated heterocycles. The topological polar surface area (TPSA) is 63.2 Å². The molecule has 0 unspecified atom stereocenters. The number of rotatable bonds is 3. The van der Waals surface area contributed by atoms with E-state index in [1.807, 2.05) is 19.1 Å². The van der Waals surface area contributed by atoms with E-state index in [1.165, 1.54) is 0 Å². The summed E-state index contributed by atoms with van der Waals surface area (Å²) in [6, 6.07) is 3.38. The Morgan fingerprint density at radius 2 is 2.16 bits per heavy atom. The van der Waals surface area contributed by atoms with E-state index in [0.29, 0.717) is 23.0 Å². The first-order valence-corrected chi connectivity index (χ1v) is 6.39. The van der Waals surface area contributed by atoms with Crippen LogP contribution >= 0.6 is 12.2 Å². The minimum atomic E-state index is -0.343. The molecule has 0 fully saturated rings. The van der Waals surface area contributed by atoms with Crippen molar-refractivity contribution in [2.24, 2.45) is 0 Å². The average molecular weight is 277 g/mol. The highest BCUT2D eigenvalue weighted by molar-refractivity contribution is 7.80. The number of thiocarbonyl (C=S) groups is 1. The number of carbonyl (C=O) groups excluding carboxylic acids is 1. The minimum Gasteiger partial charge on any atom is -0.463 e. The Morgan fingerprint density at radius 3 is 2.79 bits per heavy atom. The van der Waals surface area contributed by atoms with Crippen molar-refractivity contribution in [1.82, 2.24) is 15.6 Å². The lowest BCUT2D eigenvalue weighted by atomic mass is 9.96. The maximum atomic E-state index is 12.1. The lowest BCUT2D eigenvalue weighted by molar-refractivity contribution is -0.139. The summed E-state index contributed by atoms with van der Waals surface area (Å²) in [7, 11) is 0. The second-order valence-electron chi connectivity index (χ2n) is 4.07. The highest BCUT2D eigenvalue weighted by atomic mass is 32.1. The number of hydrogen-bond donors (Lipinski definition) is 2. The second kappa shape index (κ2) is 5.79. The van der Waals surface area contributed by atoms with Gasteiger partial charge in [0.2, 0.25) is 0 Å². The third-order valence-corrected chi connectivity index (χ3v) is 3.02. The zero-order valence-corrected chi connectivity index (χ0v) is 11.6. The van der Waals surface area contributed by atoms with Crippen molar-refractivity contribution in [3.8, 4) is 0 Å². The van der Waals surface area contributed by atoms with E-state index in [4.69, 9.17) is 17.0 Å². The van der Waals surface area contributed by atoms with Gasteiger partial charge in [-0.3, -0.25) is 4.98 Å². The van der Waals surface area contributed by atoms with Crippen molar-refractivity contribution in [2.45, 2.75) is 19.9 Å². The quantitative estimate of drug-likeness (QED) is 0.644. The highest BCUT2D eigenvalue weighted by Crippen LogP contribution is 2.26. The number of carbonyl (C=O) groups is 1. The van der Waals surface area contributed by atoms with Gasteiger partial charge in [0.15, 0.2) is 5.11 Å². The van der Waals surface area contributed by atoms with Crippen LogP contribution in [0.3, 0.4) is 0 Å². The number of allylic oxidation sites excluding steroid dienone is 1. The molecule has 19 heavy (non-hydrogen) atoms. The molecule has 1 atom stereocenters. The van der Waals surface area contributed by atoms with E-state index in [2.05, 4.69) is 15.6 Å². The third kappa shape index (κ3) is 2.90. The summed E-state index contributed by atoms with van der Waals surface area (Å²) >= 11 is 5.14. The van der Waals surface area contributed by atoms with Gasteiger partial charge in [0, 0.05) is 18.1 Å². The summed E-state index contributed by atoms with van der Waals surface area (Å²) in [4.78, 5) is 16.1. The number of nitrogens with zero attached hydrogens (tertiary/aromatic N) is 1. The Morgan fingerprint density at radius 1 is 1.47 bits per heavy atom. The zero-order valence-electron chi connectivity index (χ0n) is 10.8. The second-order valence-corrected chi connectivity index (χ2v) is 4.48. The van der Waals surface area contributed by atoms with Crippen LogP contribution in [0.1, 0.15) is 25.5 Å². The summed E-state index contributed by atoms with van der Waals surface area (Å²) in [6.07, 6.45) is 3.36. The first kappa shape index (κ1) is 13.5. The summed E-state index contributed by atoms with van der Waals surface area (Å²) in [5, 5.41) is 6.53. The Labute approximate surface area is 117 Å². The number of hydrogen-bond acceptors (Lipinski definition) is 4. The Kier molecular flexibility index (Phi) is 4.11. The molecule has 2 heterocycles. The molecule has 0 radical (unpaired) electrons. The van der Waals surface area contributed by atoms with Crippen LogP contribution in [-0.2, 0) is 9.53 Å². The van der Waals surface area contributed by atoms with Crippen molar-refractivity contribution in [1.29, 1.82) is 0 Å². The first-order chi connectivity index (χ1) is 9.13. The molecule has 0 aromatic carbocycles. The molecule has 100 valence electrons. The molecule has 2 rings (SSSR count). The molecule has 1 aromatic rings. The lowest BCUT2D eigenvalue weighted by Crippen LogP contribution is -2.45. The zero-order chi connectivity index (χ0) is 13.8. The largest absolute Gasteiger partial charge is 0.463 e. The smallest absolute Gasteiger partial charge is 0.338 e. The molecule has 0 amide bonds. The van der Waals surface area contributed by atoms with Gasteiger partial charge in [-0.2, -0.15) is 0 Å². The summed E-state index contributed by atoms with van der Waals surface area (Å²) in [6.45, 7) is 3.93. The molecule has 0 bridgehead atoms. The molecular formula is C13H15N3O2S. The number of nitrogens with one attached hydrogen (secondary N) is 2. The van der Waals surface area contributed by atoms with Crippen molar-refractivity contribution in [3.05, 3.63) is 41.4 Å². The Balaban J connectivity index is 2.41. The maximum absolute atomic E-state index is 12.1. The fraction of sp³-hybridized carbons (Fsp3) is 0.308. The predicted molar refractivity (Wildman–Crippen MR) is 75.2 cm³/mol. The van der Waals surface area contributed by atoms with Crippen LogP contribution in [0, 0.1) is 0 Å². The van der Waals surface area contributed by atoms with Gasteiger partial charge in [-0.15, -0.1) is 0 Å². The van der Waals surface area contributed by atoms with Crippen LogP contribution in [0.15, 0.2) is 35.8 Å². The van der Waals surface area contributed by atoms with Crippen LogP contribution in [-0.4, -0.2) is 22.7 Å². The molecule has 0 aliphatic carbocycles. The van der Waals surface area contributed by atoms with E-state index >= 15 is 0 Å². The van der Waals surface area contributed by atoms with Gasteiger partial charge in [-0.05, 0) is 43.8 Å². The number of ether oxygens (including phenoxy) is 1. The van der Waals surface area contributed by atoms with Gasteiger partial charge >= 0.3 is 5.97 Å². The fourth-order valence-electron chi connectivity index (χ4n) is 1.98. The molecule has 0 saturated carbocycles. The lowest BCUT2D eigenvalue weighted by Gasteiger charge is -2.29. The summed E-state index contributed by atoms with van der Waals surface area (Å²) in [5.41, 5.74) is 2.17. The predicted octanol–water partition coefficient (Wildman–Crippen LogP) is 1.44. The van der Waals surface area contributed by atoms with Crippen molar-refractivity contribution in [3.63, 3.8) is 0 Å². The number of pyridine rings is 1. The first-order valence-electron chi connectivity index (χ1n) is 5.98. The minimum absolute atomic E-state index is 0.309. The number of aromatic nitrogens is 1. The van der Waals surface area contributed by atoms with E-state index in [1.54, 1.807) is 19.3 Å². The van der Waals surface area contributed by atoms with Crippen LogP contribution in [0.4, 0.5) is 0 Å². The molecular weight excluding hydrogens is 262 g/mol. The maximum Gasteiger partial charge on any atom is 0.338 e. The standard InChI is InChI=1S/C13H15N3O2S/c1-3-18-12(17)10-8(2)15-13(19)16-11(10)9-4-6-14-7-5-9/h4-7,11H,3H2,1-2H3,(H2,15,16,19)/t11-/m0/s1. The molecule has 6 heteroatoms. The molecule has 1 aromatic heterocycles. The molecule has 2 N–H and O–H groups in total. The fourth-order valence-corrected chi connectivity index (χ4v) is 2.25. The van der Waals surface area contributed by atoms with Gasteiger partial charge in [-0.25, -0.2) is 4.79 Å². The van der Waals surface area contributed by atoms with Crippen molar-refractivity contribution in [2.75, 3.05) is 6.61 Å². The highest BCUT2D eigenvalue weighted by Gasteiger charge is 2.30. The molecule has 1 aliphatic rings. The van der Waals surface area contributed by atoms with Crippen molar-refractivity contribution >= 4 is 23.3 Å². The summed E-state index contributed by atoms with van der Waals surface area (Å²) < 4.78 is 5.10. The normalized spacial score (nSPS) is 18.6. The van der Waals surface area contributed by atoms with Crippen LogP contribution in [0.25, 0.3) is 0 Å². The van der Waals surface area contributed by atoms with E-state index < -0.39 is 0 Å². The molecule has 5 nitrogen and oxygen atoms in total.